The Morgan fingerprint density at radius 3 is 2.25 bits per heavy atom. The molecule has 0 aliphatic carbocycles. The van der Waals surface area contributed by atoms with E-state index in [-0.39, 0.29) is 11.9 Å². The van der Waals surface area contributed by atoms with Crippen LogP contribution in [-0.4, -0.2) is 33.7 Å². The maximum atomic E-state index is 12.6. The third kappa shape index (κ3) is 4.63. The molecule has 0 saturated heterocycles. The molecule has 2 aromatic rings. The molecule has 2 rings (SSSR count). The second kappa shape index (κ2) is 8.38. The van der Waals surface area contributed by atoms with Gasteiger partial charge in [0.25, 0.3) is 5.91 Å². The maximum absolute atomic E-state index is 12.6. The van der Waals surface area contributed by atoms with Crippen LogP contribution in [0.25, 0.3) is 0 Å². The normalized spacial score (nSPS) is 12.1. The molecule has 0 fully saturated rings. The number of hydrogen-bond acceptors (Lipinski definition) is 2. The summed E-state index contributed by atoms with van der Waals surface area (Å²) >= 11 is 12.2. The maximum Gasteiger partial charge on any atom is 0.252 e. The van der Waals surface area contributed by atoms with Crippen LogP contribution in [0, 0.1) is 0 Å². The van der Waals surface area contributed by atoms with E-state index in [2.05, 4.69) is 5.32 Å². The highest BCUT2D eigenvalue weighted by Crippen LogP contribution is 2.33. The molecule has 0 aliphatic rings. The first kappa shape index (κ1) is 18.6. The van der Waals surface area contributed by atoms with Gasteiger partial charge in [0.1, 0.15) is 12.6 Å². The van der Waals surface area contributed by atoms with Crippen LogP contribution in [-0.2, 0) is 0 Å². The minimum absolute atomic E-state index is 0.108. The molecule has 6 heteroatoms. The minimum Gasteiger partial charge on any atom is -0.494 e. The van der Waals surface area contributed by atoms with Crippen LogP contribution >= 0.6 is 23.2 Å². The summed E-state index contributed by atoms with van der Waals surface area (Å²) in [6, 6.07) is 12.9. The zero-order chi connectivity index (χ0) is 17.7. The van der Waals surface area contributed by atoms with E-state index in [9.17, 15) is 4.79 Å². The van der Waals surface area contributed by atoms with Crippen molar-refractivity contribution in [2.24, 2.45) is 0 Å². The van der Waals surface area contributed by atoms with Crippen LogP contribution in [0.5, 0.6) is 5.75 Å². The van der Waals surface area contributed by atoms with Gasteiger partial charge in [-0.25, -0.2) is 0 Å². The molecule has 0 bridgehead atoms. The van der Waals surface area contributed by atoms with Gasteiger partial charge in [-0.3, -0.25) is 4.79 Å². The van der Waals surface area contributed by atoms with E-state index in [4.69, 9.17) is 27.9 Å². The largest absolute Gasteiger partial charge is 0.494 e. The number of nitrogens with one attached hydrogen (secondary N) is 2. The summed E-state index contributed by atoms with van der Waals surface area (Å²) in [6.07, 6.45) is 0. The highest BCUT2D eigenvalue weighted by molar-refractivity contribution is 6.37. The van der Waals surface area contributed by atoms with Gasteiger partial charge in [0.05, 0.1) is 31.3 Å². The molecule has 0 aromatic heterocycles. The highest BCUT2D eigenvalue weighted by atomic mass is 35.5. The van der Waals surface area contributed by atoms with E-state index in [1.54, 1.807) is 12.1 Å². The molecular formula is C18H21Cl2N2O2+. The minimum atomic E-state index is -0.225. The van der Waals surface area contributed by atoms with E-state index in [0.717, 1.165) is 12.1 Å². The summed E-state index contributed by atoms with van der Waals surface area (Å²) in [4.78, 5) is 13.9. The van der Waals surface area contributed by atoms with Crippen molar-refractivity contribution < 1.29 is 14.4 Å². The predicted molar refractivity (Wildman–Crippen MR) is 97.3 cm³/mol. The number of amides is 1. The first-order valence-electron chi connectivity index (χ1n) is 7.60. The average Bonchev–Trinajstić information content (AvgIpc) is 2.54. The number of hydrogen-bond donors (Lipinski definition) is 2. The van der Waals surface area contributed by atoms with Crippen molar-refractivity contribution in [2.75, 3.05) is 27.7 Å². The summed E-state index contributed by atoms with van der Waals surface area (Å²) in [5.41, 5.74) is 1.46. The SMILES string of the molecule is COc1c(Cl)cc(C(=O)N[C@@H](C[NH+](C)C)c2ccccc2)cc1Cl. The number of rotatable bonds is 6. The molecule has 2 N–H and O–H groups in total. The Hall–Kier alpha value is -1.75. The third-order valence-corrected chi connectivity index (χ3v) is 4.15. The predicted octanol–water partition coefficient (Wildman–Crippen LogP) is 2.62. The number of carbonyl (C=O) groups excluding carboxylic acids is 1. The van der Waals surface area contributed by atoms with Crippen LogP contribution in [0.2, 0.25) is 10.0 Å². The number of carbonyl (C=O) groups is 1. The summed E-state index contributed by atoms with van der Waals surface area (Å²) in [6.45, 7) is 0.757. The molecule has 2 aromatic carbocycles. The lowest BCUT2D eigenvalue weighted by molar-refractivity contribution is -0.860. The Morgan fingerprint density at radius 1 is 1.17 bits per heavy atom. The van der Waals surface area contributed by atoms with Crippen molar-refractivity contribution in [3.05, 3.63) is 63.6 Å². The summed E-state index contributed by atoms with van der Waals surface area (Å²) in [5.74, 6) is 0.142. The molecule has 1 amide bonds. The second-order valence-corrected chi connectivity index (χ2v) is 6.64. The Balaban J connectivity index is 2.25. The van der Waals surface area contributed by atoms with Gasteiger partial charge in [-0.1, -0.05) is 53.5 Å². The zero-order valence-electron chi connectivity index (χ0n) is 13.9. The number of likely N-dealkylation sites (N-methyl/N-ethyl adjacent to an activating group) is 1. The monoisotopic (exact) mass is 367 g/mol. The van der Waals surface area contributed by atoms with Crippen molar-refractivity contribution in [3.63, 3.8) is 0 Å². The topological polar surface area (TPSA) is 42.8 Å². The molecule has 0 aliphatic heterocycles. The first-order chi connectivity index (χ1) is 11.4. The van der Waals surface area contributed by atoms with E-state index in [1.807, 2.05) is 44.4 Å². The van der Waals surface area contributed by atoms with Crippen molar-refractivity contribution in [1.82, 2.24) is 5.32 Å². The molecule has 0 unspecified atom stereocenters. The van der Waals surface area contributed by atoms with Gasteiger partial charge < -0.3 is 15.0 Å². The van der Waals surface area contributed by atoms with Crippen LogP contribution in [0.1, 0.15) is 22.0 Å². The Morgan fingerprint density at radius 2 is 1.75 bits per heavy atom. The lowest BCUT2D eigenvalue weighted by atomic mass is 10.1. The fraction of sp³-hybridized carbons (Fsp3) is 0.278. The number of ether oxygens (including phenoxy) is 1. The standard InChI is InChI=1S/C18H20Cl2N2O2/c1-22(2)11-16(12-7-5-4-6-8-12)21-18(23)13-9-14(19)17(24-3)15(20)10-13/h4-10,16H,11H2,1-3H3,(H,21,23)/p+1/t16-/m0/s1. The van der Waals surface area contributed by atoms with Gasteiger partial charge in [0.2, 0.25) is 0 Å². The van der Waals surface area contributed by atoms with Gasteiger partial charge >= 0.3 is 0 Å². The highest BCUT2D eigenvalue weighted by Gasteiger charge is 2.20. The van der Waals surface area contributed by atoms with Crippen LogP contribution < -0.4 is 15.0 Å². The molecule has 0 spiro atoms. The molecule has 0 saturated carbocycles. The van der Waals surface area contributed by atoms with E-state index in [0.29, 0.717) is 21.4 Å². The number of benzene rings is 2. The summed E-state index contributed by atoms with van der Waals surface area (Å²) in [5, 5.41) is 3.67. The average molecular weight is 368 g/mol. The fourth-order valence-electron chi connectivity index (χ4n) is 2.47. The van der Waals surface area contributed by atoms with Crippen LogP contribution in [0.3, 0.4) is 0 Å². The summed E-state index contributed by atoms with van der Waals surface area (Å²) in [7, 11) is 5.57. The van der Waals surface area contributed by atoms with Crippen LogP contribution in [0.4, 0.5) is 0 Å². The lowest BCUT2D eigenvalue weighted by Crippen LogP contribution is -3.06. The van der Waals surface area contributed by atoms with Gasteiger partial charge in [0.15, 0.2) is 5.75 Å². The van der Waals surface area contributed by atoms with Gasteiger partial charge in [-0.15, -0.1) is 0 Å². The Kier molecular flexibility index (Phi) is 6.49. The van der Waals surface area contributed by atoms with Gasteiger partial charge in [-0.05, 0) is 17.7 Å². The van der Waals surface area contributed by atoms with Crippen molar-refractivity contribution in [1.29, 1.82) is 0 Å². The van der Waals surface area contributed by atoms with Gasteiger partial charge in [-0.2, -0.15) is 0 Å². The van der Waals surface area contributed by atoms with Crippen LogP contribution in [0.15, 0.2) is 42.5 Å². The number of halogens is 2. The molecule has 24 heavy (non-hydrogen) atoms. The lowest BCUT2D eigenvalue weighted by Gasteiger charge is -2.21. The third-order valence-electron chi connectivity index (χ3n) is 3.58. The zero-order valence-corrected chi connectivity index (χ0v) is 15.4. The van der Waals surface area contributed by atoms with E-state index >= 15 is 0 Å². The molecule has 1 atom stereocenters. The van der Waals surface area contributed by atoms with E-state index < -0.39 is 0 Å². The molecular weight excluding hydrogens is 347 g/mol. The molecule has 0 radical (unpaired) electrons. The molecule has 128 valence electrons. The van der Waals surface area contributed by atoms with Crippen molar-refractivity contribution >= 4 is 29.1 Å². The van der Waals surface area contributed by atoms with Crippen molar-refractivity contribution in [3.8, 4) is 5.75 Å². The number of quaternary nitrogens is 1. The second-order valence-electron chi connectivity index (χ2n) is 5.82. The number of methoxy groups -OCH3 is 1. The Bertz CT molecular complexity index is 682. The van der Waals surface area contributed by atoms with Gasteiger partial charge in [0, 0.05) is 5.56 Å². The quantitative estimate of drug-likeness (QED) is 0.823. The van der Waals surface area contributed by atoms with Crippen molar-refractivity contribution in [2.45, 2.75) is 6.04 Å². The smallest absolute Gasteiger partial charge is 0.252 e. The molecule has 0 heterocycles. The first-order valence-corrected chi connectivity index (χ1v) is 8.35. The summed E-state index contributed by atoms with van der Waals surface area (Å²) < 4.78 is 5.11. The molecule has 4 nitrogen and oxygen atoms in total. The fourth-order valence-corrected chi connectivity index (χ4v) is 3.11. The van der Waals surface area contributed by atoms with E-state index in [1.165, 1.54) is 12.0 Å². The Labute approximate surface area is 152 Å².